The Hall–Kier alpha value is -0.0800. The molecule has 0 aromatic carbocycles. The van der Waals surface area contributed by atoms with Crippen LogP contribution in [-0.4, -0.2) is 30.6 Å². The first-order valence-corrected chi connectivity index (χ1v) is 8.09. The Morgan fingerprint density at radius 2 is 1.53 bits per heavy atom. The van der Waals surface area contributed by atoms with Gasteiger partial charge in [0.15, 0.2) is 0 Å². The molecular weight excluding hydrogens is 232 g/mol. The monoisotopic (exact) mass is 266 g/mol. The second kappa shape index (κ2) is 5.04. The van der Waals surface area contributed by atoms with E-state index in [1.165, 1.54) is 45.1 Å². The Labute approximate surface area is 120 Å². The number of hydrogen-bond acceptors (Lipinski definition) is 2. The Bertz CT molecular complexity index is 299. The molecule has 0 atom stereocenters. The first-order chi connectivity index (χ1) is 8.68. The highest BCUT2D eigenvalue weighted by molar-refractivity contribution is 5.04. The summed E-state index contributed by atoms with van der Waals surface area (Å²) < 4.78 is 0. The van der Waals surface area contributed by atoms with Gasteiger partial charge in [-0.3, -0.25) is 4.90 Å². The summed E-state index contributed by atoms with van der Waals surface area (Å²) in [5.74, 6) is 0.932. The van der Waals surface area contributed by atoms with Gasteiger partial charge in [-0.25, -0.2) is 0 Å². The maximum absolute atomic E-state index is 6.27. The van der Waals surface area contributed by atoms with Crippen LogP contribution in [0.25, 0.3) is 0 Å². The highest BCUT2D eigenvalue weighted by Crippen LogP contribution is 2.51. The summed E-state index contributed by atoms with van der Waals surface area (Å²) in [7, 11) is 2.32. The predicted molar refractivity (Wildman–Crippen MR) is 83.2 cm³/mol. The fraction of sp³-hybridized carbons (Fsp3) is 1.00. The summed E-state index contributed by atoms with van der Waals surface area (Å²) in [4.78, 5) is 2.62. The molecule has 2 fully saturated rings. The quantitative estimate of drug-likeness (QED) is 0.841. The van der Waals surface area contributed by atoms with Crippen LogP contribution >= 0.6 is 0 Å². The molecule has 2 nitrogen and oxygen atoms in total. The van der Waals surface area contributed by atoms with Crippen LogP contribution in [0.4, 0.5) is 0 Å². The Morgan fingerprint density at radius 1 is 1.00 bits per heavy atom. The van der Waals surface area contributed by atoms with Crippen molar-refractivity contribution in [3.63, 3.8) is 0 Å². The van der Waals surface area contributed by atoms with E-state index < -0.39 is 0 Å². The normalized spacial score (nSPS) is 29.2. The number of hydrogen-bond donors (Lipinski definition) is 1. The molecular formula is C17H34N2. The van der Waals surface area contributed by atoms with Crippen molar-refractivity contribution in [2.24, 2.45) is 22.5 Å². The summed E-state index contributed by atoms with van der Waals surface area (Å²) in [6, 6.07) is 0. The zero-order chi connectivity index (χ0) is 14.3. The highest BCUT2D eigenvalue weighted by Gasteiger charge is 2.48. The smallest absolute Gasteiger partial charge is 0.0338 e. The summed E-state index contributed by atoms with van der Waals surface area (Å²) in [6.07, 6.45) is 8.12. The molecule has 0 aromatic rings. The minimum Gasteiger partial charge on any atom is -0.329 e. The van der Waals surface area contributed by atoms with Gasteiger partial charge in [-0.15, -0.1) is 0 Å². The highest BCUT2D eigenvalue weighted by atomic mass is 15.2. The average Bonchev–Trinajstić information content (AvgIpc) is 2.18. The molecule has 0 spiro atoms. The Kier molecular flexibility index (Phi) is 4.06. The molecule has 2 aliphatic rings. The molecule has 2 saturated carbocycles. The van der Waals surface area contributed by atoms with Gasteiger partial charge in [0.2, 0.25) is 0 Å². The van der Waals surface area contributed by atoms with Gasteiger partial charge < -0.3 is 5.73 Å². The third-order valence-electron chi connectivity index (χ3n) is 5.52. The lowest BCUT2D eigenvalue weighted by molar-refractivity contribution is -0.0417. The van der Waals surface area contributed by atoms with E-state index in [1.54, 1.807) is 0 Å². The van der Waals surface area contributed by atoms with Gasteiger partial charge in [0.05, 0.1) is 0 Å². The molecule has 2 heteroatoms. The Balaban J connectivity index is 2.14. The van der Waals surface area contributed by atoms with E-state index in [0.29, 0.717) is 10.8 Å². The minimum absolute atomic E-state index is 0.223. The SMILES string of the molecule is CN(CC1CCC1)C1(CN)CC(C)(C)CC(C)(C)C1. The van der Waals surface area contributed by atoms with Crippen LogP contribution in [0.1, 0.15) is 66.2 Å². The maximum Gasteiger partial charge on any atom is 0.0338 e. The topological polar surface area (TPSA) is 29.3 Å². The van der Waals surface area contributed by atoms with Crippen molar-refractivity contribution >= 4 is 0 Å². The molecule has 0 unspecified atom stereocenters. The summed E-state index contributed by atoms with van der Waals surface area (Å²) in [5, 5.41) is 0. The molecule has 2 rings (SSSR count). The van der Waals surface area contributed by atoms with Crippen LogP contribution in [0, 0.1) is 16.7 Å². The van der Waals surface area contributed by atoms with Crippen LogP contribution in [0.15, 0.2) is 0 Å². The molecule has 0 heterocycles. The van der Waals surface area contributed by atoms with Crippen molar-refractivity contribution in [2.75, 3.05) is 20.1 Å². The van der Waals surface area contributed by atoms with Gasteiger partial charge in [0.25, 0.3) is 0 Å². The van der Waals surface area contributed by atoms with Crippen molar-refractivity contribution < 1.29 is 0 Å². The Morgan fingerprint density at radius 3 is 1.89 bits per heavy atom. The van der Waals surface area contributed by atoms with E-state index in [1.807, 2.05) is 0 Å². The van der Waals surface area contributed by atoms with Crippen molar-refractivity contribution in [3.8, 4) is 0 Å². The first kappa shape index (κ1) is 15.3. The van der Waals surface area contributed by atoms with Crippen molar-refractivity contribution in [2.45, 2.75) is 71.8 Å². The summed E-state index contributed by atoms with van der Waals surface area (Å²) in [6.45, 7) is 11.8. The second-order valence-electron chi connectivity index (χ2n) is 8.96. The van der Waals surface area contributed by atoms with Crippen LogP contribution < -0.4 is 5.73 Å². The summed E-state index contributed by atoms with van der Waals surface area (Å²) >= 11 is 0. The average molecular weight is 266 g/mol. The summed E-state index contributed by atoms with van der Waals surface area (Å²) in [5.41, 5.74) is 7.32. The van der Waals surface area contributed by atoms with Crippen LogP contribution in [0.2, 0.25) is 0 Å². The van der Waals surface area contributed by atoms with E-state index in [9.17, 15) is 0 Å². The standard InChI is InChI=1S/C17H34N2/c1-15(2)10-16(3,4)12-17(11-15,13-18)19(5)9-14-7-6-8-14/h14H,6-13,18H2,1-5H3. The fourth-order valence-electron chi connectivity index (χ4n) is 5.09. The molecule has 0 amide bonds. The molecule has 19 heavy (non-hydrogen) atoms. The van der Waals surface area contributed by atoms with Gasteiger partial charge in [-0.1, -0.05) is 34.1 Å². The zero-order valence-corrected chi connectivity index (χ0v) is 13.8. The lowest BCUT2D eigenvalue weighted by Crippen LogP contribution is -2.60. The van der Waals surface area contributed by atoms with E-state index in [2.05, 4.69) is 39.6 Å². The van der Waals surface area contributed by atoms with Crippen molar-refractivity contribution in [1.29, 1.82) is 0 Å². The molecule has 112 valence electrons. The van der Waals surface area contributed by atoms with E-state index >= 15 is 0 Å². The van der Waals surface area contributed by atoms with Crippen molar-refractivity contribution in [1.82, 2.24) is 4.90 Å². The minimum atomic E-state index is 0.223. The molecule has 0 aliphatic heterocycles. The molecule has 2 aliphatic carbocycles. The zero-order valence-electron chi connectivity index (χ0n) is 13.8. The van der Waals surface area contributed by atoms with Gasteiger partial charge in [0, 0.05) is 18.6 Å². The predicted octanol–water partition coefficient (Wildman–Crippen LogP) is 3.65. The number of rotatable bonds is 4. The van der Waals surface area contributed by atoms with Crippen molar-refractivity contribution in [3.05, 3.63) is 0 Å². The van der Waals surface area contributed by atoms with Gasteiger partial charge >= 0.3 is 0 Å². The van der Waals surface area contributed by atoms with Gasteiger partial charge in [-0.05, 0) is 55.9 Å². The molecule has 2 N–H and O–H groups in total. The molecule has 0 saturated heterocycles. The lowest BCUT2D eigenvalue weighted by atomic mass is 9.58. The van der Waals surface area contributed by atoms with Gasteiger partial charge in [0.1, 0.15) is 0 Å². The lowest BCUT2D eigenvalue weighted by Gasteiger charge is -2.56. The molecule has 0 radical (unpaired) electrons. The third kappa shape index (κ3) is 3.33. The number of likely N-dealkylation sites (N-methyl/N-ethyl adjacent to an activating group) is 1. The van der Waals surface area contributed by atoms with E-state index in [4.69, 9.17) is 5.73 Å². The molecule has 0 bridgehead atoms. The number of nitrogens with two attached hydrogens (primary N) is 1. The number of nitrogens with zero attached hydrogens (tertiary/aromatic N) is 1. The molecule has 0 aromatic heterocycles. The largest absolute Gasteiger partial charge is 0.329 e. The third-order valence-corrected chi connectivity index (χ3v) is 5.52. The van der Waals surface area contributed by atoms with E-state index in [0.717, 1.165) is 12.5 Å². The second-order valence-corrected chi connectivity index (χ2v) is 8.96. The van der Waals surface area contributed by atoms with Crippen LogP contribution in [0.5, 0.6) is 0 Å². The van der Waals surface area contributed by atoms with Crippen LogP contribution in [0.3, 0.4) is 0 Å². The maximum atomic E-state index is 6.27. The van der Waals surface area contributed by atoms with Crippen LogP contribution in [-0.2, 0) is 0 Å². The fourth-order valence-corrected chi connectivity index (χ4v) is 5.09. The van der Waals surface area contributed by atoms with E-state index in [-0.39, 0.29) is 5.54 Å². The first-order valence-electron chi connectivity index (χ1n) is 8.09. The van der Waals surface area contributed by atoms with Gasteiger partial charge in [-0.2, -0.15) is 0 Å².